The Kier molecular flexibility index (Phi) is 2.73. The maximum atomic E-state index is 11.1. The number of nitrogens with one attached hydrogen (secondary N) is 1. The van der Waals surface area contributed by atoms with Crippen LogP contribution in [-0.2, 0) is 0 Å². The van der Waals surface area contributed by atoms with Crippen molar-refractivity contribution >= 4 is 17.3 Å². The molecule has 4 nitrogen and oxygen atoms in total. The number of amides is 1. The van der Waals surface area contributed by atoms with Gasteiger partial charge < -0.3 is 16.8 Å². The zero-order valence-corrected chi connectivity index (χ0v) is 9.36. The van der Waals surface area contributed by atoms with E-state index in [4.69, 9.17) is 11.5 Å². The molecule has 0 spiro atoms. The molecule has 0 saturated heterocycles. The largest absolute Gasteiger partial charge is 0.398 e. The van der Waals surface area contributed by atoms with Crippen molar-refractivity contribution in [3.05, 3.63) is 23.8 Å². The molecule has 0 unspecified atom stereocenters. The first-order valence-electron chi connectivity index (χ1n) is 5.52. The van der Waals surface area contributed by atoms with E-state index < -0.39 is 5.91 Å². The lowest BCUT2D eigenvalue weighted by atomic mass is 9.82. The number of nitrogen functional groups attached to an aromatic ring is 1. The molecule has 0 heterocycles. The molecule has 1 amide bonds. The first kappa shape index (κ1) is 10.8. The van der Waals surface area contributed by atoms with E-state index in [0.717, 1.165) is 11.6 Å². The second kappa shape index (κ2) is 4.04. The van der Waals surface area contributed by atoms with E-state index in [1.807, 2.05) is 6.07 Å². The minimum Gasteiger partial charge on any atom is -0.398 e. The van der Waals surface area contributed by atoms with Gasteiger partial charge in [0.05, 0.1) is 5.56 Å². The highest BCUT2D eigenvalue weighted by Crippen LogP contribution is 2.30. The van der Waals surface area contributed by atoms with Gasteiger partial charge in [-0.05, 0) is 37.0 Å². The molecule has 0 aromatic heterocycles. The summed E-state index contributed by atoms with van der Waals surface area (Å²) in [5.41, 5.74) is 12.6. The summed E-state index contributed by atoms with van der Waals surface area (Å²) in [6.07, 6.45) is 2.35. The second-order valence-electron chi connectivity index (χ2n) is 4.58. The highest BCUT2D eigenvalue weighted by Gasteiger charge is 2.25. The lowest BCUT2D eigenvalue weighted by Gasteiger charge is -2.34. The molecule has 0 bridgehead atoms. The lowest BCUT2D eigenvalue weighted by molar-refractivity contribution is 0.100. The standard InChI is InChI=1S/C12H17N3O/c1-7-4-9(5-7)15-8-2-3-11(13)10(6-8)12(14)16/h2-3,6-7,9,15H,4-5,13H2,1H3,(H2,14,16). The van der Waals surface area contributed by atoms with Crippen molar-refractivity contribution in [2.45, 2.75) is 25.8 Å². The Morgan fingerprint density at radius 3 is 2.69 bits per heavy atom. The molecule has 1 saturated carbocycles. The van der Waals surface area contributed by atoms with Crippen molar-refractivity contribution in [2.24, 2.45) is 11.7 Å². The Balaban J connectivity index is 2.10. The van der Waals surface area contributed by atoms with E-state index in [1.165, 1.54) is 12.8 Å². The minimum absolute atomic E-state index is 0.386. The van der Waals surface area contributed by atoms with E-state index in [-0.39, 0.29) is 0 Å². The molecule has 1 fully saturated rings. The summed E-state index contributed by atoms with van der Waals surface area (Å²) in [5.74, 6) is 0.310. The van der Waals surface area contributed by atoms with Crippen molar-refractivity contribution in [1.82, 2.24) is 0 Å². The van der Waals surface area contributed by atoms with Crippen LogP contribution in [0.4, 0.5) is 11.4 Å². The SMILES string of the molecule is CC1CC(Nc2ccc(N)c(C(N)=O)c2)C1. The Hall–Kier alpha value is -1.71. The van der Waals surface area contributed by atoms with Crippen LogP contribution in [0.1, 0.15) is 30.1 Å². The van der Waals surface area contributed by atoms with Crippen LogP contribution in [0.3, 0.4) is 0 Å². The first-order chi connectivity index (χ1) is 7.56. The summed E-state index contributed by atoms with van der Waals surface area (Å²) in [7, 11) is 0. The summed E-state index contributed by atoms with van der Waals surface area (Å²) in [5, 5.41) is 3.37. The van der Waals surface area contributed by atoms with Gasteiger partial charge in [-0.15, -0.1) is 0 Å². The van der Waals surface area contributed by atoms with Crippen molar-refractivity contribution in [3.63, 3.8) is 0 Å². The molecule has 1 aliphatic carbocycles. The summed E-state index contributed by atoms with van der Waals surface area (Å²) >= 11 is 0. The third kappa shape index (κ3) is 2.10. The highest BCUT2D eigenvalue weighted by molar-refractivity contribution is 5.98. The summed E-state index contributed by atoms with van der Waals surface area (Å²) < 4.78 is 0. The van der Waals surface area contributed by atoms with Crippen LogP contribution in [0.5, 0.6) is 0 Å². The zero-order chi connectivity index (χ0) is 11.7. The van der Waals surface area contributed by atoms with Gasteiger partial charge in [-0.25, -0.2) is 0 Å². The Labute approximate surface area is 95.0 Å². The van der Waals surface area contributed by atoms with Gasteiger partial charge in [0.2, 0.25) is 0 Å². The van der Waals surface area contributed by atoms with Crippen LogP contribution >= 0.6 is 0 Å². The van der Waals surface area contributed by atoms with Crippen molar-refractivity contribution < 1.29 is 4.79 Å². The number of rotatable bonds is 3. The molecule has 5 N–H and O–H groups in total. The third-order valence-electron chi connectivity index (χ3n) is 3.06. The molecule has 1 aromatic carbocycles. The number of hydrogen-bond acceptors (Lipinski definition) is 3. The molecule has 2 rings (SSSR count). The minimum atomic E-state index is -0.483. The second-order valence-corrected chi connectivity index (χ2v) is 4.58. The Bertz CT molecular complexity index is 411. The summed E-state index contributed by atoms with van der Waals surface area (Å²) in [4.78, 5) is 11.1. The molecule has 0 radical (unpaired) electrons. The van der Waals surface area contributed by atoms with Crippen LogP contribution in [-0.4, -0.2) is 11.9 Å². The first-order valence-corrected chi connectivity index (χ1v) is 5.52. The summed E-state index contributed by atoms with van der Waals surface area (Å²) in [6.45, 7) is 2.23. The molecule has 1 aromatic rings. The smallest absolute Gasteiger partial charge is 0.250 e. The average molecular weight is 219 g/mol. The monoisotopic (exact) mass is 219 g/mol. The van der Waals surface area contributed by atoms with Gasteiger partial charge in [0.25, 0.3) is 5.91 Å². The van der Waals surface area contributed by atoms with Gasteiger partial charge in [0.15, 0.2) is 0 Å². The van der Waals surface area contributed by atoms with E-state index >= 15 is 0 Å². The van der Waals surface area contributed by atoms with E-state index in [0.29, 0.717) is 17.3 Å². The normalized spacial score (nSPS) is 23.6. The zero-order valence-electron chi connectivity index (χ0n) is 9.36. The molecular weight excluding hydrogens is 202 g/mol. The van der Waals surface area contributed by atoms with E-state index in [1.54, 1.807) is 12.1 Å². The quantitative estimate of drug-likeness (QED) is 0.675. The maximum absolute atomic E-state index is 11.1. The molecular formula is C12H17N3O. The third-order valence-corrected chi connectivity index (χ3v) is 3.06. The predicted molar refractivity (Wildman–Crippen MR) is 65.2 cm³/mol. The molecule has 86 valence electrons. The predicted octanol–water partition coefficient (Wildman–Crippen LogP) is 1.58. The van der Waals surface area contributed by atoms with Crippen molar-refractivity contribution in [1.29, 1.82) is 0 Å². The number of carbonyl (C=O) groups is 1. The van der Waals surface area contributed by atoms with Gasteiger partial charge >= 0.3 is 0 Å². The molecule has 0 atom stereocenters. The van der Waals surface area contributed by atoms with Crippen molar-refractivity contribution in [3.8, 4) is 0 Å². The fraction of sp³-hybridized carbons (Fsp3) is 0.417. The average Bonchev–Trinajstić information content (AvgIpc) is 2.18. The fourth-order valence-electron chi connectivity index (χ4n) is 2.12. The van der Waals surface area contributed by atoms with Crippen LogP contribution in [0.25, 0.3) is 0 Å². The number of benzene rings is 1. The Morgan fingerprint density at radius 1 is 1.44 bits per heavy atom. The van der Waals surface area contributed by atoms with Crippen LogP contribution in [0.2, 0.25) is 0 Å². The fourth-order valence-corrected chi connectivity index (χ4v) is 2.12. The van der Waals surface area contributed by atoms with Gasteiger partial charge in [-0.1, -0.05) is 6.92 Å². The molecule has 1 aliphatic rings. The number of hydrogen-bond donors (Lipinski definition) is 3. The number of primary amides is 1. The van der Waals surface area contributed by atoms with Gasteiger partial charge in [-0.3, -0.25) is 4.79 Å². The maximum Gasteiger partial charge on any atom is 0.250 e. The van der Waals surface area contributed by atoms with Crippen LogP contribution < -0.4 is 16.8 Å². The highest BCUT2D eigenvalue weighted by atomic mass is 16.1. The van der Waals surface area contributed by atoms with E-state index in [2.05, 4.69) is 12.2 Å². The molecule has 16 heavy (non-hydrogen) atoms. The van der Waals surface area contributed by atoms with Crippen LogP contribution in [0.15, 0.2) is 18.2 Å². The number of anilines is 2. The molecule has 4 heteroatoms. The number of nitrogens with two attached hydrogens (primary N) is 2. The van der Waals surface area contributed by atoms with Gasteiger partial charge in [0.1, 0.15) is 0 Å². The summed E-state index contributed by atoms with van der Waals surface area (Å²) in [6, 6.07) is 5.83. The van der Waals surface area contributed by atoms with Gasteiger partial charge in [0, 0.05) is 17.4 Å². The Morgan fingerprint density at radius 2 is 2.12 bits per heavy atom. The van der Waals surface area contributed by atoms with Gasteiger partial charge in [-0.2, -0.15) is 0 Å². The number of carbonyl (C=O) groups excluding carboxylic acids is 1. The topological polar surface area (TPSA) is 81.1 Å². The molecule has 0 aliphatic heterocycles. The van der Waals surface area contributed by atoms with Crippen LogP contribution in [0, 0.1) is 5.92 Å². The van der Waals surface area contributed by atoms with E-state index in [9.17, 15) is 4.79 Å². The lowest BCUT2D eigenvalue weighted by Crippen LogP contribution is -2.33. The van der Waals surface area contributed by atoms with Crippen molar-refractivity contribution in [2.75, 3.05) is 11.1 Å².